The number of nitrogens with one attached hydrogen (secondary N) is 2. The highest BCUT2D eigenvalue weighted by Crippen LogP contribution is 2.27. The third-order valence-corrected chi connectivity index (χ3v) is 6.31. The Hall–Kier alpha value is -3.43. The highest BCUT2D eigenvalue weighted by atomic mass is 32.2. The van der Waals surface area contributed by atoms with Gasteiger partial charge in [-0.3, -0.25) is 14.9 Å². The van der Waals surface area contributed by atoms with E-state index in [0.717, 1.165) is 10.8 Å². The Morgan fingerprint density at radius 2 is 1.81 bits per heavy atom. The molecule has 0 aliphatic rings. The normalized spacial score (nSPS) is 10.6. The predicted octanol–water partition coefficient (Wildman–Crippen LogP) is 4.68. The third kappa shape index (κ3) is 5.19. The molecule has 0 fully saturated rings. The number of nitrogens with zero attached hydrogens (tertiary/aromatic N) is 2. The minimum Gasteiger partial charge on any atom is -0.497 e. The van der Waals surface area contributed by atoms with Crippen molar-refractivity contribution >= 4 is 56.5 Å². The number of carbonyl (C=O) groups is 2. The maximum Gasteiger partial charge on any atom is 0.258 e. The van der Waals surface area contributed by atoms with Crippen LogP contribution in [-0.4, -0.2) is 34.9 Å². The quantitative estimate of drug-likeness (QED) is 0.314. The lowest BCUT2D eigenvalue weighted by atomic mass is 10.0. The van der Waals surface area contributed by atoms with Crippen LogP contribution in [0.4, 0.5) is 10.8 Å². The van der Waals surface area contributed by atoms with Crippen molar-refractivity contribution in [1.82, 2.24) is 10.2 Å². The first-order valence-corrected chi connectivity index (χ1v) is 11.1. The van der Waals surface area contributed by atoms with Gasteiger partial charge in [0.1, 0.15) is 5.75 Å². The van der Waals surface area contributed by atoms with E-state index in [1.165, 1.54) is 23.1 Å². The Kier molecular flexibility index (Phi) is 6.44. The molecule has 0 unspecified atom stereocenters. The number of fused-ring (bicyclic) bond motifs is 1. The van der Waals surface area contributed by atoms with Crippen LogP contribution in [0.25, 0.3) is 10.8 Å². The molecular formula is C22H18N4O3S2. The van der Waals surface area contributed by atoms with E-state index in [4.69, 9.17) is 4.74 Å². The van der Waals surface area contributed by atoms with Gasteiger partial charge in [0.2, 0.25) is 11.0 Å². The zero-order valence-electron chi connectivity index (χ0n) is 16.5. The summed E-state index contributed by atoms with van der Waals surface area (Å²) in [5.41, 5.74) is 1.23. The molecule has 1 aromatic heterocycles. The second kappa shape index (κ2) is 9.59. The number of amides is 2. The molecule has 1 heterocycles. The molecule has 0 spiro atoms. The highest BCUT2D eigenvalue weighted by Gasteiger charge is 2.14. The summed E-state index contributed by atoms with van der Waals surface area (Å²) in [6, 6.07) is 20.4. The van der Waals surface area contributed by atoms with Crippen LogP contribution in [0.1, 0.15) is 10.4 Å². The molecule has 3 aromatic carbocycles. The van der Waals surface area contributed by atoms with Crippen LogP contribution < -0.4 is 15.4 Å². The molecule has 2 N–H and O–H groups in total. The van der Waals surface area contributed by atoms with Crippen molar-refractivity contribution in [2.24, 2.45) is 0 Å². The fourth-order valence-corrected chi connectivity index (χ4v) is 4.48. The van der Waals surface area contributed by atoms with E-state index in [2.05, 4.69) is 20.8 Å². The Labute approximate surface area is 186 Å². The van der Waals surface area contributed by atoms with Gasteiger partial charge in [-0.25, -0.2) is 0 Å². The van der Waals surface area contributed by atoms with Crippen molar-refractivity contribution in [3.63, 3.8) is 0 Å². The molecule has 9 heteroatoms. The highest BCUT2D eigenvalue weighted by molar-refractivity contribution is 8.01. The lowest BCUT2D eigenvalue weighted by Gasteiger charge is -2.06. The molecule has 4 rings (SSSR count). The Balaban J connectivity index is 1.35. The summed E-state index contributed by atoms with van der Waals surface area (Å²) in [5.74, 6) is 0.416. The second-order valence-corrected chi connectivity index (χ2v) is 8.62. The number of hydrogen-bond donors (Lipinski definition) is 2. The minimum absolute atomic E-state index is 0.170. The number of rotatable bonds is 7. The SMILES string of the molecule is COc1cccc(NC(=O)CSc2nnc(NC(=O)c3cccc4ccccc34)s2)c1. The monoisotopic (exact) mass is 450 g/mol. The van der Waals surface area contributed by atoms with Crippen molar-refractivity contribution < 1.29 is 14.3 Å². The Morgan fingerprint density at radius 1 is 1.00 bits per heavy atom. The number of benzene rings is 3. The van der Waals surface area contributed by atoms with E-state index in [-0.39, 0.29) is 17.6 Å². The standard InChI is InChI=1S/C22H18N4O3S2/c1-29-16-9-5-8-15(12-16)23-19(27)13-30-22-26-25-21(31-22)24-20(28)18-11-4-7-14-6-2-3-10-17(14)18/h2-12H,13H2,1H3,(H,23,27)(H,24,25,28). The molecule has 0 aliphatic heterocycles. The number of methoxy groups -OCH3 is 1. The first kappa shape index (κ1) is 20.8. The van der Waals surface area contributed by atoms with Gasteiger partial charge in [0.25, 0.3) is 5.91 Å². The van der Waals surface area contributed by atoms with Gasteiger partial charge in [-0.2, -0.15) is 0 Å². The number of aromatic nitrogens is 2. The van der Waals surface area contributed by atoms with Crippen LogP contribution in [0.5, 0.6) is 5.75 Å². The van der Waals surface area contributed by atoms with Gasteiger partial charge in [0.05, 0.1) is 12.9 Å². The average Bonchev–Trinajstić information content (AvgIpc) is 3.24. The lowest BCUT2D eigenvalue weighted by Crippen LogP contribution is -2.13. The zero-order valence-corrected chi connectivity index (χ0v) is 18.1. The van der Waals surface area contributed by atoms with Gasteiger partial charge in [0.15, 0.2) is 4.34 Å². The van der Waals surface area contributed by atoms with E-state index in [0.29, 0.717) is 26.5 Å². The fraction of sp³-hybridized carbons (Fsp3) is 0.0909. The van der Waals surface area contributed by atoms with Gasteiger partial charge < -0.3 is 10.1 Å². The van der Waals surface area contributed by atoms with Crippen molar-refractivity contribution in [2.75, 3.05) is 23.5 Å². The minimum atomic E-state index is -0.250. The summed E-state index contributed by atoms with van der Waals surface area (Å²) in [6.45, 7) is 0. The number of anilines is 2. The number of ether oxygens (including phenoxy) is 1. The summed E-state index contributed by atoms with van der Waals surface area (Å²) < 4.78 is 5.74. The molecular weight excluding hydrogens is 432 g/mol. The molecule has 2 amide bonds. The van der Waals surface area contributed by atoms with Gasteiger partial charge in [-0.1, -0.05) is 65.6 Å². The van der Waals surface area contributed by atoms with Crippen molar-refractivity contribution in [3.8, 4) is 5.75 Å². The molecule has 7 nitrogen and oxygen atoms in total. The molecule has 4 aromatic rings. The summed E-state index contributed by atoms with van der Waals surface area (Å²) in [5, 5.41) is 15.9. The zero-order chi connectivity index (χ0) is 21.6. The molecule has 0 bridgehead atoms. The lowest BCUT2D eigenvalue weighted by molar-refractivity contribution is -0.113. The van der Waals surface area contributed by atoms with Gasteiger partial charge in [-0.05, 0) is 29.0 Å². The van der Waals surface area contributed by atoms with E-state index < -0.39 is 0 Å². The molecule has 0 saturated heterocycles. The molecule has 0 radical (unpaired) electrons. The van der Waals surface area contributed by atoms with Crippen LogP contribution in [0.3, 0.4) is 0 Å². The summed E-state index contributed by atoms with van der Waals surface area (Å²) in [4.78, 5) is 24.9. The van der Waals surface area contributed by atoms with E-state index in [1.807, 2.05) is 36.4 Å². The molecule has 0 atom stereocenters. The fourth-order valence-electron chi connectivity index (χ4n) is 2.93. The van der Waals surface area contributed by atoms with Crippen LogP contribution in [0, 0.1) is 0 Å². The topological polar surface area (TPSA) is 93.2 Å². The summed E-state index contributed by atoms with van der Waals surface area (Å²) in [6.07, 6.45) is 0. The second-order valence-electron chi connectivity index (χ2n) is 6.42. The van der Waals surface area contributed by atoms with Crippen molar-refractivity contribution in [3.05, 3.63) is 72.3 Å². The van der Waals surface area contributed by atoms with Crippen LogP contribution in [0.15, 0.2) is 71.1 Å². The molecule has 0 saturated carbocycles. The number of carbonyl (C=O) groups excluding carboxylic acids is 2. The average molecular weight is 451 g/mol. The molecule has 156 valence electrons. The van der Waals surface area contributed by atoms with E-state index >= 15 is 0 Å². The molecule has 31 heavy (non-hydrogen) atoms. The first-order chi connectivity index (χ1) is 15.1. The predicted molar refractivity (Wildman–Crippen MR) is 124 cm³/mol. The third-order valence-electron chi connectivity index (χ3n) is 4.34. The first-order valence-electron chi connectivity index (χ1n) is 9.32. The Morgan fingerprint density at radius 3 is 2.68 bits per heavy atom. The van der Waals surface area contributed by atoms with E-state index in [1.54, 1.807) is 37.4 Å². The summed E-state index contributed by atoms with van der Waals surface area (Å²) >= 11 is 2.48. The van der Waals surface area contributed by atoms with Crippen LogP contribution in [0.2, 0.25) is 0 Å². The van der Waals surface area contributed by atoms with Gasteiger partial charge in [0, 0.05) is 17.3 Å². The maximum atomic E-state index is 12.7. The van der Waals surface area contributed by atoms with Crippen molar-refractivity contribution in [1.29, 1.82) is 0 Å². The van der Waals surface area contributed by atoms with Crippen LogP contribution >= 0.6 is 23.1 Å². The van der Waals surface area contributed by atoms with Gasteiger partial charge >= 0.3 is 0 Å². The maximum absolute atomic E-state index is 12.7. The number of hydrogen-bond acceptors (Lipinski definition) is 7. The summed E-state index contributed by atoms with van der Waals surface area (Å²) in [7, 11) is 1.57. The van der Waals surface area contributed by atoms with Gasteiger partial charge in [-0.15, -0.1) is 10.2 Å². The van der Waals surface area contributed by atoms with Crippen LogP contribution in [-0.2, 0) is 4.79 Å². The van der Waals surface area contributed by atoms with E-state index in [9.17, 15) is 9.59 Å². The largest absolute Gasteiger partial charge is 0.497 e. The number of thioether (sulfide) groups is 1. The van der Waals surface area contributed by atoms with Crippen molar-refractivity contribution in [2.45, 2.75) is 4.34 Å². The smallest absolute Gasteiger partial charge is 0.258 e. The Bertz CT molecular complexity index is 1240. The molecule has 0 aliphatic carbocycles.